The van der Waals surface area contributed by atoms with Gasteiger partial charge in [0.25, 0.3) is 0 Å². The minimum Gasteiger partial charge on any atom is -0.512 e. The summed E-state index contributed by atoms with van der Waals surface area (Å²) < 4.78 is -0.0141. The van der Waals surface area contributed by atoms with E-state index in [9.17, 15) is 5.11 Å². The third kappa shape index (κ3) is 7.44. The number of halogens is 3. The molecule has 0 unspecified atom stereocenters. The Morgan fingerprint density at radius 3 is 1.59 bits per heavy atom. The van der Waals surface area contributed by atoms with Gasteiger partial charge in [0, 0.05) is 34.6 Å². The molecule has 0 amide bonds. The van der Waals surface area contributed by atoms with Crippen molar-refractivity contribution in [2.75, 3.05) is 0 Å². The van der Waals surface area contributed by atoms with E-state index in [-0.39, 0.29) is 38.8 Å². The Balaban J connectivity index is 0.000000423. The van der Waals surface area contributed by atoms with Gasteiger partial charge in [0.15, 0.2) is 0 Å². The molecule has 22 heavy (non-hydrogen) atoms. The van der Waals surface area contributed by atoms with Crippen LogP contribution in [0.25, 0.3) is 0 Å². The largest absolute Gasteiger partial charge is 0.512 e. The first kappa shape index (κ1) is 21.2. The van der Waals surface area contributed by atoms with Crippen LogP contribution in [0.5, 0.6) is 0 Å². The molecule has 2 aliphatic carbocycles. The zero-order chi connectivity index (χ0) is 15.8. The number of allylic oxidation sites excluding steroid dienone is 12. The van der Waals surface area contributed by atoms with Gasteiger partial charge in [-0.15, -0.1) is 0 Å². The number of aliphatic hydroxyl groups excluding tert-OH is 2. The molecule has 0 aromatic rings. The Hall–Kier alpha value is -0.831. The maximum Gasteiger partial charge on any atom is 0.121 e. The van der Waals surface area contributed by atoms with Gasteiger partial charge in [-0.2, -0.15) is 0 Å². The molecule has 0 saturated carbocycles. The molecular formula is C16H15Cl3FeO2. The van der Waals surface area contributed by atoms with Crippen molar-refractivity contribution in [2.45, 2.75) is 13.3 Å². The van der Waals surface area contributed by atoms with Crippen LogP contribution in [-0.4, -0.2) is 10.2 Å². The van der Waals surface area contributed by atoms with Gasteiger partial charge in [0.05, 0.1) is 10.8 Å². The summed E-state index contributed by atoms with van der Waals surface area (Å²) in [5, 5.41) is 18.6. The first-order valence-corrected chi connectivity index (χ1v) is 7.26. The average molecular weight is 401 g/mol. The van der Waals surface area contributed by atoms with E-state index in [1.807, 2.05) is 36.5 Å². The van der Waals surface area contributed by atoms with Crippen molar-refractivity contribution in [3.8, 4) is 0 Å². The Morgan fingerprint density at radius 2 is 1.27 bits per heavy atom. The molecule has 0 spiro atoms. The van der Waals surface area contributed by atoms with Gasteiger partial charge in [0.2, 0.25) is 0 Å². The molecule has 0 aromatic carbocycles. The second kappa shape index (κ2) is 10.8. The molecule has 2 N–H and O–H groups in total. The van der Waals surface area contributed by atoms with Crippen LogP contribution in [0.4, 0.5) is 0 Å². The average Bonchev–Trinajstić information content (AvgIpc) is 3.12. The van der Waals surface area contributed by atoms with Crippen LogP contribution < -0.4 is 0 Å². The fourth-order valence-electron chi connectivity index (χ4n) is 1.50. The third-order valence-corrected chi connectivity index (χ3v) is 3.58. The summed E-state index contributed by atoms with van der Waals surface area (Å²) in [4.78, 5) is 0. The molecule has 0 heterocycles. The molecule has 0 aromatic heterocycles. The van der Waals surface area contributed by atoms with Crippen molar-refractivity contribution in [1.29, 1.82) is 0 Å². The van der Waals surface area contributed by atoms with Crippen LogP contribution in [-0.2, 0) is 17.1 Å². The minimum absolute atomic E-state index is 0. The Labute approximate surface area is 155 Å². The Bertz CT molecular complexity index is 573. The zero-order valence-corrected chi connectivity index (χ0v) is 15.1. The van der Waals surface area contributed by atoms with Crippen molar-refractivity contribution >= 4 is 34.8 Å². The normalized spacial score (nSPS) is 13.6. The molecule has 0 atom stereocenters. The molecule has 0 radical (unpaired) electrons. The van der Waals surface area contributed by atoms with Crippen molar-refractivity contribution < 1.29 is 27.3 Å². The fourth-order valence-corrected chi connectivity index (χ4v) is 1.76. The van der Waals surface area contributed by atoms with Crippen molar-refractivity contribution in [3.05, 3.63) is 80.8 Å². The van der Waals surface area contributed by atoms with Gasteiger partial charge in [-0.05, 0) is 6.92 Å². The molecule has 0 bridgehead atoms. The number of hydrogen-bond donors (Lipinski definition) is 2. The fraction of sp³-hybridized carbons (Fsp3) is 0.125. The molecule has 0 aliphatic heterocycles. The van der Waals surface area contributed by atoms with E-state index in [0.717, 1.165) is 11.1 Å². The van der Waals surface area contributed by atoms with E-state index in [1.165, 1.54) is 0 Å². The number of hydrogen-bond acceptors (Lipinski definition) is 2. The van der Waals surface area contributed by atoms with Crippen LogP contribution >= 0.6 is 34.8 Å². The van der Waals surface area contributed by atoms with Crippen molar-refractivity contribution in [1.82, 2.24) is 0 Å². The SMILES string of the molecule is CC(O)=C1C=CC=C1.OC(CC(Cl)=C(Cl)Cl)=C1C=CC=C1.[Fe]. The van der Waals surface area contributed by atoms with E-state index in [0.29, 0.717) is 5.76 Å². The van der Waals surface area contributed by atoms with E-state index >= 15 is 0 Å². The maximum atomic E-state index is 9.51. The van der Waals surface area contributed by atoms with Crippen LogP contribution in [0.1, 0.15) is 13.3 Å². The van der Waals surface area contributed by atoms with E-state index in [4.69, 9.17) is 39.9 Å². The number of rotatable bonds is 2. The number of aliphatic hydroxyl groups is 2. The molecule has 0 fully saturated rings. The Morgan fingerprint density at radius 1 is 0.864 bits per heavy atom. The smallest absolute Gasteiger partial charge is 0.121 e. The zero-order valence-electron chi connectivity index (χ0n) is 11.7. The summed E-state index contributed by atoms with van der Waals surface area (Å²) in [7, 11) is 0. The maximum absolute atomic E-state index is 9.51. The molecule has 6 heteroatoms. The summed E-state index contributed by atoms with van der Waals surface area (Å²) in [5.41, 5.74) is 1.64. The van der Waals surface area contributed by atoms with E-state index in [2.05, 4.69) is 0 Å². The monoisotopic (exact) mass is 400 g/mol. The van der Waals surface area contributed by atoms with Crippen LogP contribution in [0.3, 0.4) is 0 Å². The molecular weight excluding hydrogens is 386 g/mol. The van der Waals surface area contributed by atoms with Crippen LogP contribution in [0, 0.1) is 0 Å². The summed E-state index contributed by atoms with van der Waals surface area (Å²) in [5.74, 6) is 0.545. The van der Waals surface area contributed by atoms with Crippen LogP contribution in [0.2, 0.25) is 0 Å². The summed E-state index contributed by atoms with van der Waals surface area (Å²) in [6.45, 7) is 1.68. The topological polar surface area (TPSA) is 40.5 Å². The van der Waals surface area contributed by atoms with Gasteiger partial charge in [0.1, 0.15) is 10.3 Å². The quantitative estimate of drug-likeness (QED) is 0.431. The standard InChI is InChI=1S/C9H7Cl3O.C7H8O.Fe/c10-7(9(11)12)5-8(13)6-3-1-2-4-6;1-6(8)7-4-2-3-5-7;/h1-4,13H,5H2;2-5,8H,1H3;. The van der Waals surface area contributed by atoms with Gasteiger partial charge in [-0.1, -0.05) is 83.4 Å². The predicted molar refractivity (Wildman–Crippen MR) is 90.7 cm³/mol. The molecule has 2 rings (SSSR count). The van der Waals surface area contributed by atoms with Gasteiger partial charge in [-0.25, -0.2) is 0 Å². The van der Waals surface area contributed by atoms with Gasteiger partial charge >= 0.3 is 0 Å². The first-order valence-electron chi connectivity index (χ1n) is 6.13. The van der Waals surface area contributed by atoms with Gasteiger partial charge in [-0.3, -0.25) is 0 Å². The van der Waals surface area contributed by atoms with E-state index in [1.54, 1.807) is 19.1 Å². The molecule has 120 valence electrons. The Kier molecular flexibility index (Phi) is 10.4. The van der Waals surface area contributed by atoms with Crippen molar-refractivity contribution in [3.63, 3.8) is 0 Å². The van der Waals surface area contributed by atoms with Gasteiger partial charge < -0.3 is 10.2 Å². The summed E-state index contributed by atoms with van der Waals surface area (Å²) in [6.07, 6.45) is 14.9. The molecule has 2 aliphatic rings. The minimum atomic E-state index is -0.0141. The first-order chi connectivity index (χ1) is 9.91. The second-order valence-corrected chi connectivity index (χ2v) is 5.63. The van der Waals surface area contributed by atoms with Crippen molar-refractivity contribution in [2.24, 2.45) is 0 Å². The second-order valence-electron chi connectivity index (χ2n) is 4.22. The van der Waals surface area contributed by atoms with Crippen LogP contribution in [0.15, 0.2) is 80.8 Å². The third-order valence-electron chi connectivity index (χ3n) is 2.60. The summed E-state index contributed by atoms with van der Waals surface area (Å²) >= 11 is 16.5. The predicted octanol–water partition coefficient (Wildman–Crippen LogP) is 6.14. The van der Waals surface area contributed by atoms with E-state index < -0.39 is 0 Å². The molecule has 0 saturated heterocycles. The molecule has 2 nitrogen and oxygen atoms in total. The summed E-state index contributed by atoms with van der Waals surface area (Å²) in [6, 6.07) is 0.